The van der Waals surface area contributed by atoms with Crippen molar-refractivity contribution < 1.29 is 13.2 Å². The van der Waals surface area contributed by atoms with E-state index >= 15 is 0 Å². The van der Waals surface area contributed by atoms with Crippen LogP contribution in [-0.2, 0) is 10.0 Å². The van der Waals surface area contributed by atoms with Gasteiger partial charge in [0.2, 0.25) is 15.9 Å². The lowest BCUT2D eigenvalue weighted by molar-refractivity contribution is 0.100. The van der Waals surface area contributed by atoms with Gasteiger partial charge in [0.05, 0.1) is 17.6 Å². The van der Waals surface area contributed by atoms with Crippen molar-refractivity contribution in [1.82, 2.24) is 4.72 Å². The summed E-state index contributed by atoms with van der Waals surface area (Å²) in [7, 11) is -3.16. The first-order chi connectivity index (χ1) is 8.79. The zero-order valence-corrected chi connectivity index (χ0v) is 11.5. The topological polar surface area (TPSA) is 127 Å². The summed E-state index contributed by atoms with van der Waals surface area (Å²) in [6, 6.07) is 4.72. The summed E-state index contributed by atoms with van der Waals surface area (Å²) in [5, 5.41) is 3.03. The van der Waals surface area contributed by atoms with Crippen LogP contribution in [0, 0.1) is 0 Å². The number of carbonyl (C=O) groups is 1. The number of primary amides is 1. The molecule has 1 rings (SSSR count). The molecule has 1 aromatic rings. The highest BCUT2D eigenvalue weighted by molar-refractivity contribution is 7.88. The number of hydrogen-bond acceptors (Lipinski definition) is 5. The summed E-state index contributed by atoms with van der Waals surface area (Å²) in [6.07, 6.45) is 1.70. The van der Waals surface area contributed by atoms with Gasteiger partial charge >= 0.3 is 0 Å². The summed E-state index contributed by atoms with van der Waals surface area (Å²) in [5.74, 6) is -0.526. The predicted molar refractivity (Wildman–Crippen MR) is 75.3 cm³/mol. The van der Waals surface area contributed by atoms with Gasteiger partial charge in [-0.1, -0.05) is 0 Å². The molecule has 19 heavy (non-hydrogen) atoms. The second-order valence-corrected chi connectivity index (χ2v) is 5.95. The summed E-state index contributed by atoms with van der Waals surface area (Å²) in [4.78, 5) is 11.0. The monoisotopic (exact) mass is 286 g/mol. The Morgan fingerprint density at radius 3 is 2.58 bits per heavy atom. The number of amides is 1. The molecule has 0 aliphatic carbocycles. The molecule has 0 bridgehead atoms. The van der Waals surface area contributed by atoms with Gasteiger partial charge in [-0.3, -0.25) is 4.79 Å². The van der Waals surface area contributed by atoms with Gasteiger partial charge in [-0.15, -0.1) is 0 Å². The molecule has 6 N–H and O–H groups in total. The van der Waals surface area contributed by atoms with Crippen LogP contribution >= 0.6 is 0 Å². The summed E-state index contributed by atoms with van der Waals surface area (Å²) in [5.41, 5.74) is 12.4. The zero-order chi connectivity index (χ0) is 14.5. The average molecular weight is 286 g/mol. The van der Waals surface area contributed by atoms with Gasteiger partial charge in [-0.05, 0) is 24.6 Å². The van der Waals surface area contributed by atoms with E-state index in [0.717, 1.165) is 6.26 Å². The standard InChI is InChI=1S/C11H18N4O3S/c1-19(17,18)15-6-2-5-14-10-7-8(11(13)16)3-4-9(10)12/h3-4,7,14-15H,2,5-6,12H2,1H3,(H2,13,16). The summed E-state index contributed by atoms with van der Waals surface area (Å²) in [6.45, 7) is 0.857. The van der Waals surface area contributed by atoms with Crippen LogP contribution in [0.25, 0.3) is 0 Å². The highest BCUT2D eigenvalue weighted by Crippen LogP contribution is 2.19. The second-order valence-electron chi connectivity index (χ2n) is 4.11. The number of hydrogen-bond donors (Lipinski definition) is 4. The normalized spacial score (nSPS) is 11.2. The van der Waals surface area contributed by atoms with Crippen LogP contribution < -0.4 is 21.5 Å². The van der Waals surface area contributed by atoms with Crippen LogP contribution in [0.1, 0.15) is 16.8 Å². The Kier molecular flexibility index (Phi) is 5.13. The minimum Gasteiger partial charge on any atom is -0.397 e. The van der Waals surface area contributed by atoms with E-state index in [4.69, 9.17) is 11.5 Å². The van der Waals surface area contributed by atoms with Crippen molar-refractivity contribution >= 4 is 27.3 Å². The molecule has 7 nitrogen and oxygen atoms in total. The Bertz CT molecular complexity index is 557. The van der Waals surface area contributed by atoms with Crippen molar-refractivity contribution in [3.63, 3.8) is 0 Å². The Balaban J connectivity index is 2.49. The number of nitrogen functional groups attached to an aromatic ring is 1. The van der Waals surface area contributed by atoms with Crippen molar-refractivity contribution in [3.8, 4) is 0 Å². The number of sulfonamides is 1. The van der Waals surface area contributed by atoms with Gasteiger partial charge < -0.3 is 16.8 Å². The SMILES string of the molecule is CS(=O)(=O)NCCCNc1cc(C(N)=O)ccc1N. The maximum absolute atomic E-state index is 11.0. The summed E-state index contributed by atoms with van der Waals surface area (Å²) >= 11 is 0. The van der Waals surface area contributed by atoms with Crippen LogP contribution in [0.2, 0.25) is 0 Å². The summed E-state index contributed by atoms with van der Waals surface area (Å²) < 4.78 is 24.0. The first-order valence-electron chi connectivity index (χ1n) is 5.67. The number of rotatable bonds is 7. The molecular weight excluding hydrogens is 268 g/mol. The van der Waals surface area contributed by atoms with Gasteiger partial charge in [0.1, 0.15) is 0 Å². The van der Waals surface area contributed by atoms with E-state index in [1.165, 1.54) is 0 Å². The lowest BCUT2D eigenvalue weighted by Crippen LogP contribution is -2.24. The van der Waals surface area contributed by atoms with E-state index in [9.17, 15) is 13.2 Å². The number of anilines is 2. The quantitative estimate of drug-likeness (QED) is 0.405. The van der Waals surface area contributed by atoms with Gasteiger partial charge in [0, 0.05) is 18.7 Å². The van der Waals surface area contributed by atoms with Gasteiger partial charge in [-0.2, -0.15) is 0 Å². The van der Waals surface area contributed by atoms with Crippen LogP contribution in [0.4, 0.5) is 11.4 Å². The van der Waals surface area contributed by atoms with Gasteiger partial charge in [-0.25, -0.2) is 13.1 Å². The van der Waals surface area contributed by atoms with Crippen LogP contribution in [0.15, 0.2) is 18.2 Å². The third kappa shape index (κ3) is 5.58. The Morgan fingerprint density at radius 2 is 2.00 bits per heavy atom. The van der Waals surface area contributed by atoms with Crippen molar-refractivity contribution in [2.45, 2.75) is 6.42 Å². The van der Waals surface area contributed by atoms with E-state index in [-0.39, 0.29) is 0 Å². The number of benzene rings is 1. The van der Waals surface area contributed by atoms with Crippen molar-refractivity contribution in [2.24, 2.45) is 5.73 Å². The number of nitrogens with two attached hydrogens (primary N) is 2. The minimum atomic E-state index is -3.16. The predicted octanol–water partition coefficient (Wildman–Crippen LogP) is -0.281. The Morgan fingerprint density at radius 1 is 1.32 bits per heavy atom. The molecule has 0 saturated carbocycles. The van der Waals surface area contributed by atoms with Gasteiger partial charge in [0.25, 0.3) is 0 Å². The Labute approximate surface area is 112 Å². The molecule has 0 aliphatic rings. The van der Waals surface area contributed by atoms with Gasteiger partial charge in [0.15, 0.2) is 0 Å². The zero-order valence-electron chi connectivity index (χ0n) is 10.6. The molecule has 0 unspecified atom stereocenters. The molecule has 1 amide bonds. The Hall–Kier alpha value is -1.80. The lowest BCUT2D eigenvalue weighted by atomic mass is 10.1. The molecular formula is C11H18N4O3S. The molecule has 0 saturated heterocycles. The molecule has 0 atom stereocenters. The average Bonchev–Trinajstić information content (AvgIpc) is 2.29. The third-order valence-corrected chi connectivity index (χ3v) is 3.10. The highest BCUT2D eigenvalue weighted by Gasteiger charge is 2.05. The fourth-order valence-corrected chi connectivity index (χ4v) is 1.95. The molecule has 1 aromatic carbocycles. The van der Waals surface area contributed by atoms with E-state index < -0.39 is 15.9 Å². The molecule has 106 valence electrons. The van der Waals surface area contributed by atoms with E-state index in [0.29, 0.717) is 36.4 Å². The molecule has 0 spiro atoms. The molecule has 0 radical (unpaired) electrons. The lowest BCUT2D eigenvalue weighted by Gasteiger charge is -2.10. The van der Waals surface area contributed by atoms with Crippen molar-refractivity contribution in [1.29, 1.82) is 0 Å². The highest BCUT2D eigenvalue weighted by atomic mass is 32.2. The first-order valence-corrected chi connectivity index (χ1v) is 7.56. The fourth-order valence-electron chi connectivity index (χ4n) is 1.43. The fraction of sp³-hybridized carbons (Fsp3) is 0.364. The second kappa shape index (κ2) is 6.39. The maximum Gasteiger partial charge on any atom is 0.248 e. The maximum atomic E-state index is 11.0. The van der Waals surface area contributed by atoms with E-state index in [1.807, 2.05) is 0 Å². The van der Waals surface area contributed by atoms with Crippen LogP contribution in [0.3, 0.4) is 0 Å². The molecule has 8 heteroatoms. The van der Waals surface area contributed by atoms with E-state index in [2.05, 4.69) is 10.0 Å². The largest absolute Gasteiger partial charge is 0.397 e. The number of nitrogens with one attached hydrogen (secondary N) is 2. The minimum absolute atomic E-state index is 0.335. The molecule has 0 heterocycles. The number of carbonyl (C=O) groups excluding carboxylic acids is 1. The smallest absolute Gasteiger partial charge is 0.248 e. The molecule has 0 aliphatic heterocycles. The van der Waals surface area contributed by atoms with Crippen molar-refractivity contribution in [3.05, 3.63) is 23.8 Å². The first kappa shape index (κ1) is 15.3. The van der Waals surface area contributed by atoms with E-state index in [1.54, 1.807) is 18.2 Å². The third-order valence-electron chi connectivity index (χ3n) is 2.37. The molecule has 0 fully saturated rings. The molecule has 0 aromatic heterocycles. The van der Waals surface area contributed by atoms with Crippen LogP contribution in [0.5, 0.6) is 0 Å². The van der Waals surface area contributed by atoms with Crippen LogP contribution in [-0.4, -0.2) is 33.7 Å². The van der Waals surface area contributed by atoms with Crippen molar-refractivity contribution in [2.75, 3.05) is 30.4 Å².